The van der Waals surface area contributed by atoms with E-state index >= 15 is 0 Å². The van der Waals surface area contributed by atoms with Crippen molar-refractivity contribution in [3.8, 4) is 6.07 Å². The van der Waals surface area contributed by atoms with E-state index < -0.39 is 39.6 Å². The molecule has 0 aromatic heterocycles. The van der Waals surface area contributed by atoms with Crippen molar-refractivity contribution in [2.45, 2.75) is 55.3 Å². The summed E-state index contributed by atoms with van der Waals surface area (Å²) >= 11 is 0. The zero-order chi connectivity index (χ0) is 32.9. The number of sulfone groups is 1. The number of amides is 2. The van der Waals surface area contributed by atoms with Crippen LogP contribution in [-0.2, 0) is 20.8 Å². The van der Waals surface area contributed by atoms with E-state index in [1.54, 1.807) is 57.4 Å². The van der Waals surface area contributed by atoms with E-state index in [1.807, 2.05) is 4.90 Å². The largest absolute Gasteiger partial charge is 0.416 e. The third-order valence-electron chi connectivity index (χ3n) is 8.10. The summed E-state index contributed by atoms with van der Waals surface area (Å²) in [5.74, 6) is -0.682. The Morgan fingerprint density at radius 3 is 2.16 bits per heavy atom. The summed E-state index contributed by atoms with van der Waals surface area (Å²) in [6, 6.07) is 18.8. The van der Waals surface area contributed by atoms with Crippen molar-refractivity contribution in [1.29, 1.82) is 5.26 Å². The molecule has 1 fully saturated rings. The van der Waals surface area contributed by atoms with E-state index in [2.05, 4.69) is 11.4 Å². The Morgan fingerprint density at radius 1 is 1.00 bits per heavy atom. The lowest BCUT2D eigenvalue weighted by Crippen LogP contribution is -2.51. The number of carbonyl (C=O) groups excluding carboxylic acids is 2. The maximum atomic E-state index is 13.2. The monoisotopic (exact) mass is 640 g/mol. The van der Waals surface area contributed by atoms with Gasteiger partial charge in [0.25, 0.3) is 5.91 Å². The SMILES string of the molecule is CCS(=O)(=O)c1ccc([C@@H](CC#N)NC(=O)c2ccc(N3C[C@@H](c4ccc(C(F)(F)F)cc4)CCC3C(=O)N(C)C)cc2)cc1. The molecule has 238 valence electrons. The van der Waals surface area contributed by atoms with Crippen LogP contribution in [0.3, 0.4) is 0 Å². The second kappa shape index (κ2) is 13.7. The van der Waals surface area contributed by atoms with E-state index in [1.165, 1.54) is 29.2 Å². The Hall–Kier alpha value is -4.37. The molecule has 1 aliphatic rings. The van der Waals surface area contributed by atoms with E-state index in [0.29, 0.717) is 36.2 Å². The van der Waals surface area contributed by atoms with Crippen LogP contribution >= 0.6 is 0 Å². The van der Waals surface area contributed by atoms with Crippen LogP contribution in [0.25, 0.3) is 0 Å². The Labute approximate surface area is 261 Å². The number of carbonyl (C=O) groups is 2. The van der Waals surface area contributed by atoms with E-state index in [4.69, 9.17) is 0 Å². The molecule has 4 rings (SSSR count). The van der Waals surface area contributed by atoms with E-state index in [0.717, 1.165) is 17.7 Å². The highest BCUT2D eigenvalue weighted by Crippen LogP contribution is 2.36. The molecule has 2 amide bonds. The highest BCUT2D eigenvalue weighted by molar-refractivity contribution is 7.91. The molecule has 0 aliphatic carbocycles. The normalized spacial score (nSPS) is 17.7. The topological polar surface area (TPSA) is 111 Å². The van der Waals surface area contributed by atoms with Gasteiger partial charge in [0.1, 0.15) is 6.04 Å². The summed E-state index contributed by atoms with van der Waals surface area (Å²) in [7, 11) is -0.0534. The highest BCUT2D eigenvalue weighted by Gasteiger charge is 2.35. The number of hydrogen-bond donors (Lipinski definition) is 1. The first-order valence-electron chi connectivity index (χ1n) is 14.5. The van der Waals surface area contributed by atoms with E-state index in [9.17, 15) is 36.4 Å². The number of nitrogens with one attached hydrogen (secondary N) is 1. The van der Waals surface area contributed by atoms with Crippen LogP contribution in [0, 0.1) is 11.3 Å². The molecule has 0 bridgehead atoms. The molecule has 0 radical (unpaired) electrons. The third-order valence-corrected chi connectivity index (χ3v) is 9.85. The fourth-order valence-electron chi connectivity index (χ4n) is 5.49. The van der Waals surface area contributed by atoms with Gasteiger partial charge in [0.2, 0.25) is 5.91 Å². The lowest BCUT2D eigenvalue weighted by Gasteiger charge is -2.41. The second-order valence-electron chi connectivity index (χ2n) is 11.2. The predicted octanol–water partition coefficient (Wildman–Crippen LogP) is 5.72. The summed E-state index contributed by atoms with van der Waals surface area (Å²) in [4.78, 5) is 29.9. The van der Waals surface area contributed by atoms with Gasteiger partial charge in [-0.3, -0.25) is 9.59 Å². The summed E-state index contributed by atoms with van der Waals surface area (Å²) in [5.41, 5.74) is 1.63. The van der Waals surface area contributed by atoms with Gasteiger partial charge in [0, 0.05) is 37.8 Å². The number of halogens is 3. The average Bonchev–Trinajstić information content (AvgIpc) is 3.03. The van der Waals surface area contributed by atoms with Crippen molar-refractivity contribution in [3.05, 3.63) is 95.1 Å². The molecular weight excluding hydrogens is 605 g/mol. The maximum Gasteiger partial charge on any atom is 0.416 e. The Kier molecular flexibility index (Phi) is 10.2. The average molecular weight is 641 g/mol. The zero-order valence-electron chi connectivity index (χ0n) is 25.2. The highest BCUT2D eigenvalue weighted by atomic mass is 32.2. The van der Waals surface area contributed by atoms with Gasteiger partial charge < -0.3 is 15.1 Å². The van der Waals surface area contributed by atoms with Gasteiger partial charge >= 0.3 is 6.18 Å². The number of alkyl halides is 3. The van der Waals surface area contributed by atoms with Crippen molar-refractivity contribution < 1.29 is 31.2 Å². The van der Waals surface area contributed by atoms with Gasteiger partial charge in [0.15, 0.2) is 9.84 Å². The fraction of sp³-hybridized carbons (Fsp3) is 0.364. The second-order valence-corrected chi connectivity index (χ2v) is 13.5. The molecule has 1 unspecified atom stereocenters. The molecule has 3 aromatic carbocycles. The predicted molar refractivity (Wildman–Crippen MR) is 164 cm³/mol. The number of hydrogen-bond acceptors (Lipinski definition) is 6. The minimum Gasteiger partial charge on any atom is -0.359 e. The molecule has 1 aliphatic heterocycles. The van der Waals surface area contributed by atoms with Crippen LogP contribution in [0.1, 0.15) is 65.2 Å². The Bertz CT molecular complexity index is 1650. The standard InChI is InChI=1S/C33H35F3N4O4S/c1-4-45(43,44)28-16-9-23(10-17-28)29(19-20-37)38-31(41)24-7-14-27(15-8-24)40-21-25(11-18-30(40)32(42)39(2)3)22-5-12-26(13-6-22)33(34,35)36/h5-10,12-17,25,29-30H,4,11,18-19,21H2,1-3H3,(H,38,41)/t25-,29+,30?/m0/s1. The minimum absolute atomic E-state index is 0.0306. The molecular formula is C33H35F3N4O4S. The van der Waals surface area contributed by atoms with Crippen molar-refractivity contribution in [1.82, 2.24) is 10.2 Å². The van der Waals surface area contributed by atoms with Gasteiger partial charge in [0.05, 0.1) is 34.7 Å². The molecule has 12 heteroatoms. The molecule has 8 nitrogen and oxygen atoms in total. The lowest BCUT2D eigenvalue weighted by molar-refractivity contribution is -0.137. The molecule has 45 heavy (non-hydrogen) atoms. The van der Waals surface area contributed by atoms with Gasteiger partial charge in [-0.1, -0.05) is 31.2 Å². The molecule has 1 saturated heterocycles. The molecule has 0 spiro atoms. The number of likely N-dealkylation sites (N-methyl/N-ethyl adjacent to an activating group) is 1. The first-order valence-corrected chi connectivity index (χ1v) is 16.2. The first kappa shape index (κ1) is 33.5. The van der Waals surface area contributed by atoms with Crippen molar-refractivity contribution in [2.24, 2.45) is 0 Å². The number of nitriles is 1. The number of nitrogens with zero attached hydrogens (tertiary/aromatic N) is 3. The summed E-state index contributed by atoms with van der Waals surface area (Å²) in [5, 5.41) is 12.2. The molecule has 1 N–H and O–H groups in total. The van der Waals surface area contributed by atoms with Crippen LogP contribution < -0.4 is 10.2 Å². The summed E-state index contributed by atoms with van der Waals surface area (Å²) < 4.78 is 63.6. The van der Waals surface area contributed by atoms with Crippen LogP contribution in [0.15, 0.2) is 77.7 Å². The van der Waals surface area contributed by atoms with Gasteiger partial charge in [-0.15, -0.1) is 0 Å². The minimum atomic E-state index is -4.43. The smallest absolute Gasteiger partial charge is 0.359 e. The van der Waals surface area contributed by atoms with Crippen LogP contribution in [0.2, 0.25) is 0 Å². The van der Waals surface area contributed by atoms with Crippen molar-refractivity contribution in [3.63, 3.8) is 0 Å². The Balaban J connectivity index is 1.54. The number of benzene rings is 3. The zero-order valence-corrected chi connectivity index (χ0v) is 26.0. The molecule has 3 aromatic rings. The molecule has 0 saturated carbocycles. The number of rotatable bonds is 9. The van der Waals surface area contributed by atoms with Crippen LogP contribution in [0.5, 0.6) is 0 Å². The van der Waals surface area contributed by atoms with Crippen LogP contribution in [-0.4, -0.2) is 57.6 Å². The summed E-state index contributed by atoms with van der Waals surface area (Å²) in [6.45, 7) is 1.95. The maximum absolute atomic E-state index is 13.2. The van der Waals surface area contributed by atoms with Crippen molar-refractivity contribution >= 4 is 27.3 Å². The number of piperidine rings is 1. The third kappa shape index (κ3) is 7.84. The lowest BCUT2D eigenvalue weighted by atomic mass is 9.86. The molecule has 3 atom stereocenters. The number of anilines is 1. The quantitative estimate of drug-likeness (QED) is 0.320. The van der Waals surface area contributed by atoms with Crippen molar-refractivity contribution in [2.75, 3.05) is 31.3 Å². The first-order chi connectivity index (χ1) is 21.2. The summed E-state index contributed by atoms with van der Waals surface area (Å²) in [6.07, 6.45) is -3.33. The van der Waals surface area contributed by atoms with Crippen LogP contribution in [0.4, 0.5) is 18.9 Å². The van der Waals surface area contributed by atoms with Gasteiger partial charge in [-0.25, -0.2) is 8.42 Å². The fourth-order valence-corrected chi connectivity index (χ4v) is 6.37. The molecule has 1 heterocycles. The van der Waals surface area contributed by atoms with Gasteiger partial charge in [-0.2, -0.15) is 18.4 Å². The van der Waals surface area contributed by atoms with E-state index in [-0.39, 0.29) is 28.9 Å². The van der Waals surface area contributed by atoms with Gasteiger partial charge in [-0.05, 0) is 72.5 Å². The Morgan fingerprint density at radius 2 is 1.62 bits per heavy atom.